The van der Waals surface area contributed by atoms with Crippen LogP contribution in [0, 0.1) is 5.92 Å². The molecule has 1 atom stereocenters. The van der Waals surface area contributed by atoms with Gasteiger partial charge in [0.05, 0.1) is 16.5 Å². The fourth-order valence-corrected chi connectivity index (χ4v) is 4.01. The minimum absolute atomic E-state index is 0.0168. The van der Waals surface area contributed by atoms with Crippen LogP contribution in [0.3, 0.4) is 0 Å². The van der Waals surface area contributed by atoms with E-state index >= 15 is 0 Å². The minimum atomic E-state index is -0.198. The number of carbonyl (C=O) groups is 2. The van der Waals surface area contributed by atoms with E-state index in [-0.39, 0.29) is 17.7 Å². The number of amides is 2. The Morgan fingerprint density at radius 2 is 2.11 bits per heavy atom. The van der Waals surface area contributed by atoms with Crippen molar-refractivity contribution >= 4 is 28.8 Å². The Bertz CT molecular complexity index is 921. The number of aromatic nitrogens is 2. The second kappa shape index (κ2) is 7.75. The normalized spacial score (nSPS) is 16.9. The van der Waals surface area contributed by atoms with Crippen LogP contribution in [0.2, 0.25) is 0 Å². The lowest BCUT2D eigenvalue weighted by Crippen LogP contribution is -2.43. The summed E-state index contributed by atoms with van der Waals surface area (Å²) >= 11 is 1.44. The molecule has 2 aromatic heterocycles. The second-order valence-electron chi connectivity index (χ2n) is 6.56. The van der Waals surface area contributed by atoms with Crippen LogP contribution in [0.25, 0.3) is 5.69 Å². The zero-order valence-corrected chi connectivity index (χ0v) is 15.6. The average molecular weight is 380 g/mol. The van der Waals surface area contributed by atoms with Crippen LogP contribution in [0.1, 0.15) is 22.5 Å². The van der Waals surface area contributed by atoms with E-state index in [0.717, 1.165) is 29.1 Å². The highest BCUT2D eigenvalue weighted by molar-refractivity contribution is 7.12. The van der Waals surface area contributed by atoms with E-state index < -0.39 is 0 Å². The van der Waals surface area contributed by atoms with E-state index in [1.54, 1.807) is 15.8 Å². The maximum absolute atomic E-state index is 12.8. The van der Waals surface area contributed by atoms with Gasteiger partial charge in [0, 0.05) is 31.2 Å². The maximum atomic E-state index is 12.8. The van der Waals surface area contributed by atoms with Crippen molar-refractivity contribution in [3.8, 4) is 5.69 Å². The van der Waals surface area contributed by atoms with E-state index in [4.69, 9.17) is 0 Å². The van der Waals surface area contributed by atoms with E-state index in [0.29, 0.717) is 13.1 Å². The highest BCUT2D eigenvalue weighted by Gasteiger charge is 2.29. The topological polar surface area (TPSA) is 67.2 Å². The third kappa shape index (κ3) is 3.93. The van der Waals surface area contributed by atoms with Gasteiger partial charge in [0.15, 0.2) is 0 Å². The number of hydrogen-bond donors (Lipinski definition) is 1. The predicted octanol–water partition coefficient (Wildman–Crippen LogP) is 3.42. The van der Waals surface area contributed by atoms with Gasteiger partial charge < -0.3 is 10.2 Å². The third-order valence-corrected chi connectivity index (χ3v) is 5.55. The SMILES string of the molecule is O=C(Nc1cccc(-n2cccn2)c1)C1CCCN(C(=O)c2cccs2)C1. The van der Waals surface area contributed by atoms with Crippen LogP contribution in [0.5, 0.6) is 0 Å². The first-order chi connectivity index (χ1) is 13.2. The lowest BCUT2D eigenvalue weighted by atomic mass is 9.97. The first kappa shape index (κ1) is 17.5. The number of likely N-dealkylation sites (tertiary alicyclic amines) is 1. The van der Waals surface area contributed by atoms with E-state index in [1.807, 2.05) is 54.0 Å². The summed E-state index contributed by atoms with van der Waals surface area (Å²) < 4.78 is 1.75. The van der Waals surface area contributed by atoms with E-state index in [2.05, 4.69) is 10.4 Å². The Kier molecular flexibility index (Phi) is 5.02. The van der Waals surface area contributed by atoms with Crippen molar-refractivity contribution in [2.24, 2.45) is 5.92 Å². The molecule has 2 amide bonds. The second-order valence-corrected chi connectivity index (χ2v) is 7.51. The van der Waals surface area contributed by atoms with Gasteiger partial charge in [-0.05, 0) is 48.6 Å². The molecule has 0 saturated carbocycles. The molecule has 1 aliphatic heterocycles. The summed E-state index contributed by atoms with van der Waals surface area (Å²) in [4.78, 5) is 27.8. The Morgan fingerprint density at radius 3 is 2.89 bits per heavy atom. The lowest BCUT2D eigenvalue weighted by molar-refractivity contribution is -0.121. The van der Waals surface area contributed by atoms with Crippen molar-refractivity contribution in [1.29, 1.82) is 0 Å². The number of anilines is 1. The summed E-state index contributed by atoms with van der Waals surface area (Å²) in [6.45, 7) is 1.16. The molecule has 1 N–H and O–H groups in total. The number of thiophene rings is 1. The summed E-state index contributed by atoms with van der Waals surface area (Å²) in [5.41, 5.74) is 1.62. The number of rotatable bonds is 4. The Balaban J connectivity index is 1.42. The zero-order chi connectivity index (χ0) is 18.6. The summed E-state index contributed by atoms with van der Waals surface area (Å²) in [5, 5.41) is 9.10. The van der Waals surface area contributed by atoms with Crippen molar-refractivity contribution in [2.45, 2.75) is 12.8 Å². The summed E-state index contributed by atoms with van der Waals surface area (Å²) in [6, 6.07) is 13.1. The number of nitrogens with one attached hydrogen (secondary N) is 1. The molecule has 1 unspecified atom stereocenters. The smallest absolute Gasteiger partial charge is 0.263 e. The number of carbonyl (C=O) groups excluding carboxylic acids is 2. The molecule has 0 radical (unpaired) electrons. The maximum Gasteiger partial charge on any atom is 0.263 e. The molecule has 3 heterocycles. The van der Waals surface area contributed by atoms with Crippen LogP contribution in [-0.2, 0) is 4.79 Å². The Labute approximate surface area is 161 Å². The average Bonchev–Trinajstić information content (AvgIpc) is 3.42. The standard InChI is InChI=1S/C20H20N4O2S/c25-19(22-16-6-1-7-17(13-16)24-11-4-9-21-24)15-5-2-10-23(14-15)20(26)18-8-3-12-27-18/h1,3-4,6-9,11-13,15H,2,5,10,14H2,(H,22,25). The molecule has 1 aliphatic rings. The number of benzene rings is 1. The first-order valence-corrected chi connectivity index (χ1v) is 9.82. The van der Waals surface area contributed by atoms with Crippen molar-refractivity contribution in [3.63, 3.8) is 0 Å². The van der Waals surface area contributed by atoms with Crippen molar-refractivity contribution in [3.05, 3.63) is 65.1 Å². The molecule has 7 heteroatoms. The van der Waals surface area contributed by atoms with Crippen molar-refractivity contribution in [2.75, 3.05) is 18.4 Å². The van der Waals surface area contributed by atoms with Gasteiger partial charge >= 0.3 is 0 Å². The Hall–Kier alpha value is -2.93. The number of piperidine rings is 1. The van der Waals surface area contributed by atoms with Gasteiger partial charge in [-0.25, -0.2) is 4.68 Å². The number of hydrogen-bond acceptors (Lipinski definition) is 4. The molecule has 0 bridgehead atoms. The highest BCUT2D eigenvalue weighted by Crippen LogP contribution is 2.22. The zero-order valence-electron chi connectivity index (χ0n) is 14.7. The fraction of sp³-hybridized carbons (Fsp3) is 0.250. The molecule has 1 fully saturated rings. The van der Waals surface area contributed by atoms with Crippen molar-refractivity contribution < 1.29 is 9.59 Å². The Morgan fingerprint density at radius 1 is 1.19 bits per heavy atom. The molecule has 4 rings (SSSR count). The quantitative estimate of drug-likeness (QED) is 0.754. The molecular weight excluding hydrogens is 360 g/mol. The lowest BCUT2D eigenvalue weighted by Gasteiger charge is -2.31. The largest absolute Gasteiger partial charge is 0.337 e. The number of nitrogens with zero attached hydrogens (tertiary/aromatic N) is 3. The van der Waals surface area contributed by atoms with E-state index in [1.165, 1.54) is 11.3 Å². The molecule has 6 nitrogen and oxygen atoms in total. The molecule has 1 saturated heterocycles. The van der Waals surface area contributed by atoms with E-state index in [9.17, 15) is 9.59 Å². The molecule has 1 aromatic carbocycles. The highest BCUT2D eigenvalue weighted by atomic mass is 32.1. The minimum Gasteiger partial charge on any atom is -0.337 e. The molecule has 3 aromatic rings. The monoisotopic (exact) mass is 380 g/mol. The van der Waals surface area contributed by atoms with Crippen molar-refractivity contribution in [1.82, 2.24) is 14.7 Å². The van der Waals surface area contributed by atoms with Gasteiger partial charge in [-0.1, -0.05) is 12.1 Å². The van der Waals surface area contributed by atoms with Crippen LogP contribution in [0.4, 0.5) is 5.69 Å². The first-order valence-electron chi connectivity index (χ1n) is 8.94. The molecule has 0 aliphatic carbocycles. The summed E-state index contributed by atoms with van der Waals surface area (Å²) in [5.74, 6) is -0.226. The van der Waals surface area contributed by atoms with Gasteiger partial charge in [0.25, 0.3) is 5.91 Å². The third-order valence-electron chi connectivity index (χ3n) is 4.69. The van der Waals surface area contributed by atoms with Gasteiger partial charge in [-0.3, -0.25) is 9.59 Å². The summed E-state index contributed by atoms with van der Waals surface area (Å²) in [6.07, 6.45) is 5.20. The van der Waals surface area contributed by atoms with Gasteiger partial charge in [-0.2, -0.15) is 5.10 Å². The van der Waals surface area contributed by atoms with Crippen LogP contribution in [0.15, 0.2) is 60.2 Å². The molecule has 27 heavy (non-hydrogen) atoms. The van der Waals surface area contributed by atoms with Gasteiger partial charge in [0.2, 0.25) is 5.91 Å². The molecule has 0 spiro atoms. The van der Waals surface area contributed by atoms with Gasteiger partial charge in [-0.15, -0.1) is 11.3 Å². The molecular formula is C20H20N4O2S. The predicted molar refractivity (Wildman–Crippen MR) is 105 cm³/mol. The fourth-order valence-electron chi connectivity index (χ4n) is 3.32. The van der Waals surface area contributed by atoms with Crippen LogP contribution < -0.4 is 5.32 Å². The molecule has 138 valence electrons. The van der Waals surface area contributed by atoms with Gasteiger partial charge in [0.1, 0.15) is 0 Å². The van der Waals surface area contributed by atoms with Crippen LogP contribution >= 0.6 is 11.3 Å². The van der Waals surface area contributed by atoms with Crippen LogP contribution in [-0.4, -0.2) is 39.6 Å². The summed E-state index contributed by atoms with van der Waals surface area (Å²) in [7, 11) is 0.